The predicted octanol–water partition coefficient (Wildman–Crippen LogP) is 5.24. The monoisotopic (exact) mass is 474 g/mol. The van der Waals surface area contributed by atoms with E-state index in [0.717, 1.165) is 34.0 Å². The summed E-state index contributed by atoms with van der Waals surface area (Å²) in [6.45, 7) is 3.09. The molecular formula is C22H20BrClN2O3. The van der Waals surface area contributed by atoms with Crippen molar-refractivity contribution < 1.29 is 13.9 Å². The Morgan fingerprint density at radius 2 is 1.72 bits per heavy atom. The van der Waals surface area contributed by atoms with Crippen LogP contribution in [-0.4, -0.2) is 37.0 Å². The number of amides is 1. The lowest BCUT2D eigenvalue weighted by atomic mass is 10.2. The molecule has 0 saturated carbocycles. The van der Waals surface area contributed by atoms with Crippen molar-refractivity contribution in [1.29, 1.82) is 0 Å². The number of benzene rings is 2. The van der Waals surface area contributed by atoms with E-state index in [2.05, 4.69) is 20.8 Å². The van der Waals surface area contributed by atoms with Crippen molar-refractivity contribution in [3.05, 3.63) is 81.7 Å². The predicted molar refractivity (Wildman–Crippen MR) is 117 cm³/mol. The summed E-state index contributed by atoms with van der Waals surface area (Å²) in [5.41, 5.74) is 1.12. The average Bonchev–Trinajstić information content (AvgIpc) is 3.22. The van der Waals surface area contributed by atoms with Gasteiger partial charge in [0.2, 0.25) is 0 Å². The van der Waals surface area contributed by atoms with E-state index in [1.54, 1.807) is 12.1 Å². The lowest BCUT2D eigenvalue weighted by Crippen LogP contribution is -2.48. The maximum atomic E-state index is 12.8. The van der Waals surface area contributed by atoms with Crippen LogP contribution in [0.15, 0.2) is 69.6 Å². The van der Waals surface area contributed by atoms with Gasteiger partial charge in [0.15, 0.2) is 5.76 Å². The van der Waals surface area contributed by atoms with E-state index in [-0.39, 0.29) is 12.5 Å². The normalized spacial score (nSPS) is 14.1. The minimum absolute atomic E-state index is 0.0899. The topological polar surface area (TPSA) is 45.9 Å². The molecule has 1 aromatic heterocycles. The Hall–Kier alpha value is -2.44. The van der Waals surface area contributed by atoms with Crippen LogP contribution in [0.3, 0.4) is 0 Å². The van der Waals surface area contributed by atoms with Gasteiger partial charge in [0.25, 0.3) is 5.91 Å². The molecule has 0 N–H and O–H groups in total. The molecule has 0 spiro atoms. The van der Waals surface area contributed by atoms with E-state index in [1.165, 1.54) is 0 Å². The Kier molecular flexibility index (Phi) is 6.11. The summed E-state index contributed by atoms with van der Waals surface area (Å²) in [5, 5.41) is 0.722. The zero-order chi connectivity index (χ0) is 20.2. The van der Waals surface area contributed by atoms with Gasteiger partial charge in [-0.15, -0.1) is 0 Å². The molecule has 0 atom stereocenters. The molecule has 150 valence electrons. The Labute approximate surface area is 182 Å². The SMILES string of the molecule is O=C(c1ccc(COc2ccccc2Br)o1)N1CCN(c2ccc(Cl)cc2)CC1. The second-order valence-corrected chi connectivity index (χ2v) is 8.03. The smallest absolute Gasteiger partial charge is 0.289 e. The van der Waals surface area contributed by atoms with Crippen LogP contribution in [0.2, 0.25) is 5.02 Å². The highest BCUT2D eigenvalue weighted by Crippen LogP contribution is 2.25. The minimum Gasteiger partial charge on any atom is -0.484 e. The number of nitrogens with zero attached hydrogens (tertiary/aromatic N) is 2. The van der Waals surface area contributed by atoms with Crippen LogP contribution in [0.1, 0.15) is 16.3 Å². The van der Waals surface area contributed by atoms with E-state index >= 15 is 0 Å². The first-order chi connectivity index (χ1) is 14.1. The van der Waals surface area contributed by atoms with E-state index in [1.807, 2.05) is 53.4 Å². The summed E-state index contributed by atoms with van der Waals surface area (Å²) in [5.74, 6) is 1.60. The van der Waals surface area contributed by atoms with Crippen molar-refractivity contribution in [3.63, 3.8) is 0 Å². The molecule has 0 aliphatic carbocycles. The first-order valence-corrected chi connectivity index (χ1v) is 10.5. The van der Waals surface area contributed by atoms with Gasteiger partial charge in [-0.05, 0) is 64.5 Å². The third-order valence-electron chi connectivity index (χ3n) is 4.84. The molecular weight excluding hydrogens is 456 g/mol. The summed E-state index contributed by atoms with van der Waals surface area (Å²) < 4.78 is 12.4. The number of carbonyl (C=O) groups is 1. The number of rotatable bonds is 5. The molecule has 2 heterocycles. The Morgan fingerprint density at radius 1 is 1.00 bits per heavy atom. The number of para-hydroxylation sites is 1. The molecule has 1 fully saturated rings. The fourth-order valence-corrected chi connectivity index (χ4v) is 3.78. The third-order valence-corrected chi connectivity index (χ3v) is 5.74. The van der Waals surface area contributed by atoms with Gasteiger partial charge < -0.3 is 19.0 Å². The third kappa shape index (κ3) is 4.77. The number of hydrogen-bond donors (Lipinski definition) is 0. The van der Waals surface area contributed by atoms with Crippen molar-refractivity contribution in [2.75, 3.05) is 31.1 Å². The molecule has 5 nitrogen and oxygen atoms in total. The summed E-state index contributed by atoms with van der Waals surface area (Å²) in [7, 11) is 0. The van der Waals surface area contributed by atoms with Crippen molar-refractivity contribution >= 4 is 39.1 Å². The molecule has 1 saturated heterocycles. The summed E-state index contributed by atoms with van der Waals surface area (Å²) >= 11 is 9.41. The number of carbonyl (C=O) groups excluding carboxylic acids is 1. The molecule has 0 radical (unpaired) electrons. The molecule has 1 aliphatic heterocycles. The average molecular weight is 476 g/mol. The van der Waals surface area contributed by atoms with Crippen LogP contribution in [0.5, 0.6) is 5.75 Å². The molecule has 3 aromatic rings. The number of anilines is 1. The van der Waals surface area contributed by atoms with Gasteiger partial charge in [0, 0.05) is 36.9 Å². The number of furan rings is 1. The molecule has 2 aromatic carbocycles. The molecule has 7 heteroatoms. The van der Waals surface area contributed by atoms with Crippen LogP contribution < -0.4 is 9.64 Å². The lowest BCUT2D eigenvalue weighted by Gasteiger charge is -2.35. The van der Waals surface area contributed by atoms with E-state index < -0.39 is 0 Å². The maximum absolute atomic E-state index is 12.8. The Balaban J connectivity index is 1.32. The van der Waals surface area contributed by atoms with Crippen LogP contribution in [0, 0.1) is 0 Å². The van der Waals surface area contributed by atoms with Crippen molar-refractivity contribution in [2.45, 2.75) is 6.61 Å². The number of halogens is 2. The second-order valence-electron chi connectivity index (χ2n) is 6.74. The largest absolute Gasteiger partial charge is 0.484 e. The molecule has 4 rings (SSSR count). The van der Waals surface area contributed by atoms with Crippen LogP contribution >= 0.6 is 27.5 Å². The van der Waals surface area contributed by atoms with Gasteiger partial charge in [0.1, 0.15) is 18.1 Å². The van der Waals surface area contributed by atoms with Crippen LogP contribution in [-0.2, 0) is 6.61 Å². The highest BCUT2D eigenvalue weighted by molar-refractivity contribution is 9.10. The van der Waals surface area contributed by atoms with Gasteiger partial charge in [0.05, 0.1) is 4.47 Å². The standard InChI is InChI=1S/C22H20BrClN2O3/c23-19-3-1-2-4-20(19)28-15-18-9-10-21(29-18)22(27)26-13-11-25(12-14-26)17-7-5-16(24)6-8-17/h1-10H,11-15H2. The summed E-state index contributed by atoms with van der Waals surface area (Å²) in [4.78, 5) is 16.8. The van der Waals surface area contributed by atoms with Gasteiger partial charge >= 0.3 is 0 Å². The number of hydrogen-bond acceptors (Lipinski definition) is 4. The minimum atomic E-state index is -0.0899. The molecule has 1 amide bonds. The number of ether oxygens (including phenoxy) is 1. The molecule has 0 unspecified atom stereocenters. The lowest BCUT2D eigenvalue weighted by molar-refractivity contribution is 0.0710. The first kappa shape index (κ1) is 19.9. The Morgan fingerprint density at radius 3 is 2.45 bits per heavy atom. The van der Waals surface area contributed by atoms with Crippen LogP contribution in [0.25, 0.3) is 0 Å². The summed E-state index contributed by atoms with van der Waals surface area (Å²) in [6, 6.07) is 18.9. The van der Waals surface area contributed by atoms with Gasteiger partial charge in [-0.2, -0.15) is 0 Å². The molecule has 0 bridgehead atoms. The zero-order valence-corrected chi connectivity index (χ0v) is 18.0. The van der Waals surface area contributed by atoms with Gasteiger partial charge in [-0.3, -0.25) is 4.79 Å². The quantitative estimate of drug-likeness (QED) is 0.506. The fraction of sp³-hybridized carbons (Fsp3) is 0.227. The van der Waals surface area contributed by atoms with Gasteiger partial charge in [-0.1, -0.05) is 23.7 Å². The van der Waals surface area contributed by atoms with Gasteiger partial charge in [-0.25, -0.2) is 0 Å². The molecule has 29 heavy (non-hydrogen) atoms. The van der Waals surface area contributed by atoms with E-state index in [0.29, 0.717) is 24.6 Å². The highest BCUT2D eigenvalue weighted by atomic mass is 79.9. The maximum Gasteiger partial charge on any atom is 0.289 e. The van der Waals surface area contributed by atoms with Crippen LogP contribution in [0.4, 0.5) is 5.69 Å². The number of piperazine rings is 1. The van der Waals surface area contributed by atoms with Crippen molar-refractivity contribution in [3.8, 4) is 5.75 Å². The molecule has 1 aliphatic rings. The Bertz CT molecular complexity index is 982. The van der Waals surface area contributed by atoms with E-state index in [4.69, 9.17) is 20.8 Å². The first-order valence-electron chi connectivity index (χ1n) is 9.36. The van der Waals surface area contributed by atoms with E-state index in [9.17, 15) is 4.79 Å². The summed E-state index contributed by atoms with van der Waals surface area (Å²) in [6.07, 6.45) is 0. The zero-order valence-electron chi connectivity index (χ0n) is 15.7. The fourth-order valence-electron chi connectivity index (χ4n) is 3.26. The highest BCUT2D eigenvalue weighted by Gasteiger charge is 2.24. The second kappa shape index (κ2) is 8.93. The van der Waals surface area contributed by atoms with Crippen molar-refractivity contribution in [1.82, 2.24) is 4.90 Å². The van der Waals surface area contributed by atoms with Crippen molar-refractivity contribution in [2.24, 2.45) is 0 Å².